The average Bonchev–Trinajstić information content (AvgIpc) is 2.87. The Morgan fingerprint density at radius 2 is 1.73 bits per heavy atom. The van der Waals surface area contributed by atoms with Gasteiger partial charge in [-0.2, -0.15) is 9.37 Å². The summed E-state index contributed by atoms with van der Waals surface area (Å²) in [6.45, 7) is 3.19. The third-order valence-corrected chi connectivity index (χ3v) is 7.21. The van der Waals surface area contributed by atoms with Crippen LogP contribution in [0.25, 0.3) is 16.7 Å². The number of benzene rings is 1. The van der Waals surface area contributed by atoms with Crippen molar-refractivity contribution in [1.82, 2.24) is 19.5 Å². The van der Waals surface area contributed by atoms with Gasteiger partial charge in [-0.1, -0.05) is 25.4 Å². The van der Waals surface area contributed by atoms with Crippen molar-refractivity contribution in [2.75, 3.05) is 11.6 Å². The van der Waals surface area contributed by atoms with E-state index in [-0.39, 0.29) is 11.6 Å². The van der Waals surface area contributed by atoms with Crippen LogP contribution in [-0.4, -0.2) is 34.8 Å². The number of aryl methyl sites for hydroxylation is 1. The number of nitrogens with one attached hydrogen (secondary N) is 1. The van der Waals surface area contributed by atoms with E-state index in [1.807, 2.05) is 0 Å². The molecule has 212 valence electrons. The van der Waals surface area contributed by atoms with Gasteiger partial charge in [-0.3, -0.25) is 9.71 Å². The Morgan fingerprint density at radius 3 is 2.35 bits per heavy atom. The Kier molecular flexibility index (Phi) is 7.68. The lowest BCUT2D eigenvalue weighted by molar-refractivity contribution is 0.174. The number of halogens is 7. The molecule has 0 saturated carbocycles. The second-order valence-electron chi connectivity index (χ2n) is 8.50. The summed E-state index contributed by atoms with van der Waals surface area (Å²) in [7, 11) is -5.57. The number of nitrogens with zero attached hydrogens (tertiary/aromatic N) is 4. The molecule has 4 aromatic rings. The molecule has 9 nitrogen and oxygen atoms in total. The zero-order valence-electron chi connectivity index (χ0n) is 20.5. The summed E-state index contributed by atoms with van der Waals surface area (Å²) < 4.78 is 117. The van der Waals surface area contributed by atoms with Crippen LogP contribution in [0.2, 0.25) is 5.15 Å². The number of alkyl halides is 1. The summed E-state index contributed by atoms with van der Waals surface area (Å²) in [5.74, 6) is -14.1. The number of hydrogen-bond donors (Lipinski definition) is 1. The predicted molar refractivity (Wildman–Crippen MR) is 130 cm³/mol. The summed E-state index contributed by atoms with van der Waals surface area (Å²) in [4.78, 5) is 23.0. The molecule has 4 rings (SSSR count). The van der Waals surface area contributed by atoms with Gasteiger partial charge in [0.1, 0.15) is 0 Å². The molecule has 40 heavy (non-hydrogen) atoms. The lowest BCUT2D eigenvalue weighted by Gasteiger charge is -2.19. The Balaban J connectivity index is 2.05. The van der Waals surface area contributed by atoms with Gasteiger partial charge >= 0.3 is 5.69 Å². The Bertz CT molecular complexity index is 1850. The zero-order chi connectivity index (χ0) is 29.7. The molecular formula is C23H16ClF6N5O4S. The van der Waals surface area contributed by atoms with E-state index in [0.29, 0.717) is 17.3 Å². The number of fused-ring (bicyclic) bond motifs is 1. The number of aromatic nitrogens is 4. The van der Waals surface area contributed by atoms with E-state index in [1.54, 1.807) is 31.6 Å². The first-order chi connectivity index (χ1) is 18.7. The molecular weight excluding hydrogens is 592 g/mol. The monoisotopic (exact) mass is 607 g/mol. The van der Waals surface area contributed by atoms with E-state index >= 15 is 0 Å². The minimum Gasteiger partial charge on any atom is -0.458 e. The molecule has 0 aliphatic rings. The maximum absolute atomic E-state index is 14.6. The molecule has 0 atom stereocenters. The van der Waals surface area contributed by atoms with E-state index < -0.39 is 84.3 Å². The third-order valence-electron chi connectivity index (χ3n) is 5.59. The van der Waals surface area contributed by atoms with Gasteiger partial charge in [0, 0.05) is 6.20 Å². The van der Waals surface area contributed by atoms with Crippen LogP contribution in [-0.2, 0) is 10.0 Å². The van der Waals surface area contributed by atoms with Crippen LogP contribution in [0.3, 0.4) is 0 Å². The second kappa shape index (κ2) is 10.6. The first-order valence-corrected chi connectivity index (χ1v) is 12.9. The van der Waals surface area contributed by atoms with Gasteiger partial charge < -0.3 is 4.74 Å². The molecule has 0 amide bonds. The van der Waals surface area contributed by atoms with Gasteiger partial charge in [-0.15, -0.1) is 0 Å². The molecule has 0 fully saturated rings. The summed E-state index contributed by atoms with van der Waals surface area (Å²) in [6, 6.07) is 2.20. The molecule has 0 unspecified atom stereocenters. The van der Waals surface area contributed by atoms with Crippen molar-refractivity contribution >= 4 is 38.5 Å². The molecule has 17 heteroatoms. The van der Waals surface area contributed by atoms with E-state index in [2.05, 4.69) is 19.7 Å². The molecule has 0 aliphatic carbocycles. The van der Waals surface area contributed by atoms with Gasteiger partial charge in [0.15, 0.2) is 44.7 Å². The van der Waals surface area contributed by atoms with Gasteiger partial charge in [-0.25, -0.2) is 44.7 Å². The number of pyridine rings is 2. The zero-order valence-corrected chi connectivity index (χ0v) is 22.1. The highest BCUT2D eigenvalue weighted by atomic mass is 35.5. The van der Waals surface area contributed by atoms with Crippen LogP contribution in [0.1, 0.15) is 31.0 Å². The van der Waals surface area contributed by atoms with Crippen LogP contribution in [0.4, 0.5) is 32.2 Å². The quantitative estimate of drug-likeness (QED) is 0.135. The van der Waals surface area contributed by atoms with Crippen molar-refractivity contribution in [3.8, 4) is 11.4 Å². The van der Waals surface area contributed by atoms with Gasteiger partial charge in [-0.05, 0) is 30.5 Å². The average molecular weight is 608 g/mol. The second-order valence-corrected chi connectivity index (χ2v) is 10.5. The Hall–Kier alpha value is -3.92. The van der Waals surface area contributed by atoms with Crippen molar-refractivity contribution in [3.05, 3.63) is 74.3 Å². The predicted octanol–water partition coefficient (Wildman–Crippen LogP) is 5.06. The Labute approximate surface area is 226 Å². The molecule has 0 saturated heterocycles. The van der Waals surface area contributed by atoms with Gasteiger partial charge in [0.05, 0.1) is 16.8 Å². The smallest absolute Gasteiger partial charge is 0.355 e. The van der Waals surface area contributed by atoms with Gasteiger partial charge in [0.2, 0.25) is 18.5 Å². The van der Waals surface area contributed by atoms with Crippen LogP contribution < -0.4 is 15.1 Å². The molecule has 0 radical (unpaired) electrons. The highest BCUT2D eigenvalue weighted by Crippen LogP contribution is 2.36. The minimum atomic E-state index is -5.57. The maximum Gasteiger partial charge on any atom is 0.355 e. The first kappa shape index (κ1) is 29.1. The highest BCUT2D eigenvalue weighted by Gasteiger charge is 2.35. The maximum atomic E-state index is 14.6. The molecule has 0 bridgehead atoms. The molecule has 1 aromatic carbocycles. The lowest BCUT2D eigenvalue weighted by Crippen LogP contribution is -2.28. The number of hydrogen-bond acceptors (Lipinski definition) is 7. The summed E-state index contributed by atoms with van der Waals surface area (Å²) >= 11 is 5.85. The molecule has 3 heterocycles. The van der Waals surface area contributed by atoms with E-state index in [1.165, 1.54) is 6.20 Å². The van der Waals surface area contributed by atoms with E-state index in [0.717, 1.165) is 4.57 Å². The third kappa shape index (κ3) is 4.81. The summed E-state index contributed by atoms with van der Waals surface area (Å²) in [5.41, 5.74) is -0.577. The van der Waals surface area contributed by atoms with Crippen molar-refractivity contribution in [2.24, 2.45) is 0 Å². The standard InChI is InChI=1S/C23H16ClF6N5O4S/c1-8(2)16-17(9(3)4-5-31-16)35-22-10(6-11(26)20(24)32-22)21(33-23(35)36)34-40(37,38)19-15(30)13(28)12(27)14(29)18(19)39-7-25/h4-6,8H,7H2,1-3H3,(H,33,34,36). The van der Waals surface area contributed by atoms with Crippen LogP contribution in [0.15, 0.2) is 28.0 Å². The lowest BCUT2D eigenvalue weighted by atomic mass is 10.0. The Morgan fingerprint density at radius 1 is 1.07 bits per heavy atom. The van der Waals surface area contributed by atoms with Crippen LogP contribution in [0.5, 0.6) is 5.75 Å². The van der Waals surface area contributed by atoms with E-state index in [4.69, 9.17) is 11.6 Å². The highest BCUT2D eigenvalue weighted by molar-refractivity contribution is 7.92. The molecule has 0 spiro atoms. The largest absolute Gasteiger partial charge is 0.458 e. The van der Waals surface area contributed by atoms with Crippen LogP contribution in [0, 0.1) is 36.0 Å². The fourth-order valence-corrected chi connectivity index (χ4v) is 5.22. The summed E-state index contributed by atoms with van der Waals surface area (Å²) in [5, 5.41) is -1.24. The fraction of sp³-hybridized carbons (Fsp3) is 0.217. The normalized spacial score (nSPS) is 11.9. The van der Waals surface area contributed by atoms with E-state index in [9.17, 15) is 39.6 Å². The molecule has 0 aliphatic heterocycles. The van der Waals surface area contributed by atoms with Gasteiger partial charge in [0.25, 0.3) is 10.0 Å². The number of sulfonamides is 1. The number of rotatable bonds is 7. The van der Waals surface area contributed by atoms with Crippen molar-refractivity contribution < 1.29 is 39.5 Å². The number of anilines is 1. The fourth-order valence-electron chi connectivity index (χ4n) is 3.86. The molecule has 3 aromatic heterocycles. The molecule has 1 N–H and O–H groups in total. The van der Waals surface area contributed by atoms with Crippen LogP contribution >= 0.6 is 11.6 Å². The number of ether oxygens (including phenoxy) is 1. The summed E-state index contributed by atoms with van der Waals surface area (Å²) in [6.07, 6.45) is 1.48. The SMILES string of the molecule is Cc1ccnc(C(C)C)c1-n1c(=O)nc(NS(=O)(=O)c2c(F)c(F)c(F)c(F)c2OCF)c2cc(F)c(Cl)nc21. The first-order valence-electron chi connectivity index (χ1n) is 11.0. The van der Waals surface area contributed by atoms with Crippen molar-refractivity contribution in [2.45, 2.75) is 31.6 Å². The van der Waals surface area contributed by atoms with Crippen molar-refractivity contribution in [3.63, 3.8) is 0 Å². The minimum absolute atomic E-state index is 0.178. The topological polar surface area (TPSA) is 116 Å². The van der Waals surface area contributed by atoms with Crippen molar-refractivity contribution in [1.29, 1.82) is 0 Å².